The minimum absolute atomic E-state index is 0.220. The molecule has 1 aromatic heterocycles. The van der Waals surface area contributed by atoms with E-state index in [9.17, 15) is 19.7 Å². The van der Waals surface area contributed by atoms with Crippen LogP contribution in [0.4, 0.5) is 5.82 Å². The Hall–Kier alpha value is -2.10. The number of carbonyl (C=O) groups excluding carboxylic acids is 1. The largest absolute Gasteiger partial charge is 0.480 e. The van der Waals surface area contributed by atoms with E-state index in [0.717, 1.165) is 4.68 Å². The molecule has 1 fully saturated rings. The van der Waals surface area contributed by atoms with Gasteiger partial charge in [0, 0.05) is 5.75 Å². The molecule has 0 bridgehead atoms. The summed E-state index contributed by atoms with van der Waals surface area (Å²) in [7, 11) is 0. The maximum Gasteiger partial charge on any atom is 0.389 e. The van der Waals surface area contributed by atoms with E-state index in [-0.39, 0.29) is 17.7 Å². The molecule has 2 heterocycles. The van der Waals surface area contributed by atoms with Gasteiger partial charge in [0.1, 0.15) is 12.6 Å². The number of hydrogen-bond donors (Lipinski definition) is 1. The zero-order valence-electron chi connectivity index (χ0n) is 10.5. The molecule has 1 aliphatic heterocycles. The highest BCUT2D eigenvalue weighted by molar-refractivity contribution is 8.00. The molecule has 0 spiro atoms. The Balaban J connectivity index is 2.10. The van der Waals surface area contributed by atoms with Crippen LogP contribution in [-0.4, -0.2) is 53.8 Å². The second-order valence-electron chi connectivity index (χ2n) is 4.22. The second kappa shape index (κ2) is 5.49. The standard InChI is InChI=1S/C10H12N4O5S/c1-6-13(7(5-20-6)10(16)17)9(15)4-12-3-2-8(11-12)14(18)19/h2-3,6-7H,4-5H2,1H3,(H,16,17). The highest BCUT2D eigenvalue weighted by Gasteiger charge is 2.39. The normalized spacial score (nSPS) is 21.9. The SMILES string of the molecule is CC1SCC(C(=O)O)N1C(=O)Cn1ccc([N+](=O)[O-])n1. The van der Waals surface area contributed by atoms with Crippen molar-refractivity contribution in [2.75, 3.05) is 5.75 Å². The Morgan fingerprint density at radius 3 is 2.90 bits per heavy atom. The van der Waals surface area contributed by atoms with Gasteiger partial charge in [-0.05, 0) is 11.8 Å². The summed E-state index contributed by atoms with van der Waals surface area (Å²) in [5.41, 5.74) is 0. The summed E-state index contributed by atoms with van der Waals surface area (Å²) in [6.45, 7) is 1.53. The lowest BCUT2D eigenvalue weighted by Gasteiger charge is -2.24. The lowest BCUT2D eigenvalue weighted by Crippen LogP contribution is -2.46. The molecule has 1 saturated heterocycles. The number of rotatable bonds is 4. The molecule has 10 heteroatoms. The third-order valence-electron chi connectivity index (χ3n) is 2.91. The average Bonchev–Trinajstić information content (AvgIpc) is 2.95. The quantitative estimate of drug-likeness (QED) is 0.621. The molecule has 108 valence electrons. The molecule has 0 aliphatic carbocycles. The van der Waals surface area contributed by atoms with Crippen LogP contribution in [0.25, 0.3) is 0 Å². The van der Waals surface area contributed by atoms with Gasteiger partial charge in [-0.1, -0.05) is 0 Å². The number of carboxylic acid groups (broad SMARTS) is 1. The monoisotopic (exact) mass is 300 g/mol. The van der Waals surface area contributed by atoms with Crippen molar-refractivity contribution in [3.05, 3.63) is 22.4 Å². The van der Waals surface area contributed by atoms with E-state index in [2.05, 4.69) is 5.10 Å². The number of aromatic nitrogens is 2. The topological polar surface area (TPSA) is 119 Å². The molecule has 20 heavy (non-hydrogen) atoms. The molecule has 2 atom stereocenters. The first-order valence-electron chi connectivity index (χ1n) is 5.73. The fourth-order valence-corrected chi connectivity index (χ4v) is 3.16. The Kier molecular flexibility index (Phi) is 3.93. The number of nitrogens with zero attached hydrogens (tertiary/aromatic N) is 4. The molecule has 2 unspecified atom stereocenters. The first-order chi connectivity index (χ1) is 9.40. The van der Waals surface area contributed by atoms with Crippen molar-refractivity contribution in [3.8, 4) is 0 Å². The van der Waals surface area contributed by atoms with E-state index in [1.54, 1.807) is 6.92 Å². The Morgan fingerprint density at radius 1 is 1.65 bits per heavy atom. The minimum atomic E-state index is -1.05. The fraction of sp³-hybridized carbons (Fsp3) is 0.500. The minimum Gasteiger partial charge on any atom is -0.480 e. The van der Waals surface area contributed by atoms with Crippen LogP contribution < -0.4 is 0 Å². The van der Waals surface area contributed by atoms with Gasteiger partial charge in [0.05, 0.1) is 22.7 Å². The van der Waals surface area contributed by atoms with Crippen molar-refractivity contribution in [1.29, 1.82) is 0 Å². The second-order valence-corrected chi connectivity index (χ2v) is 5.57. The van der Waals surface area contributed by atoms with E-state index >= 15 is 0 Å². The number of amides is 1. The summed E-state index contributed by atoms with van der Waals surface area (Å²) in [6, 6.07) is 0.317. The number of carbonyl (C=O) groups is 2. The highest BCUT2D eigenvalue weighted by atomic mass is 32.2. The first-order valence-corrected chi connectivity index (χ1v) is 6.78. The third-order valence-corrected chi connectivity index (χ3v) is 4.12. The van der Waals surface area contributed by atoms with E-state index in [4.69, 9.17) is 5.11 Å². The molecule has 9 nitrogen and oxygen atoms in total. The molecule has 1 aromatic rings. The smallest absolute Gasteiger partial charge is 0.389 e. The van der Waals surface area contributed by atoms with Crippen LogP contribution >= 0.6 is 11.8 Å². The Bertz CT molecular complexity index is 560. The summed E-state index contributed by atoms with van der Waals surface area (Å²) in [4.78, 5) is 34.4. The maximum absolute atomic E-state index is 12.1. The molecule has 0 aromatic carbocycles. The molecule has 0 saturated carbocycles. The molecular formula is C10H12N4O5S. The van der Waals surface area contributed by atoms with Crippen molar-refractivity contribution >= 4 is 29.5 Å². The van der Waals surface area contributed by atoms with Gasteiger partial charge in [-0.2, -0.15) is 4.68 Å². The average molecular weight is 300 g/mol. The Labute approximate surface area is 117 Å². The van der Waals surface area contributed by atoms with Crippen molar-refractivity contribution < 1.29 is 19.6 Å². The van der Waals surface area contributed by atoms with Gasteiger partial charge in [-0.15, -0.1) is 11.8 Å². The predicted octanol–water partition coefficient (Wildman–Crippen LogP) is 0.166. The highest BCUT2D eigenvalue weighted by Crippen LogP contribution is 2.29. The van der Waals surface area contributed by atoms with E-state index in [1.807, 2.05) is 0 Å². The summed E-state index contributed by atoms with van der Waals surface area (Å²) in [5, 5.41) is 23.0. The zero-order valence-corrected chi connectivity index (χ0v) is 11.3. The Morgan fingerprint density at radius 2 is 2.35 bits per heavy atom. The summed E-state index contributed by atoms with van der Waals surface area (Å²) in [6.07, 6.45) is 1.32. The van der Waals surface area contributed by atoms with Crippen LogP contribution in [0.3, 0.4) is 0 Å². The lowest BCUT2D eigenvalue weighted by atomic mass is 10.3. The maximum atomic E-state index is 12.1. The summed E-state index contributed by atoms with van der Waals surface area (Å²) in [5.74, 6) is -1.49. The first kappa shape index (κ1) is 14.3. The molecule has 1 amide bonds. The number of carboxylic acids is 1. The molecule has 1 aliphatic rings. The summed E-state index contributed by atoms with van der Waals surface area (Å²) >= 11 is 1.38. The van der Waals surface area contributed by atoms with Crippen molar-refractivity contribution in [2.24, 2.45) is 0 Å². The zero-order chi connectivity index (χ0) is 14.9. The lowest BCUT2D eigenvalue weighted by molar-refractivity contribution is -0.389. The number of thioether (sulfide) groups is 1. The van der Waals surface area contributed by atoms with Crippen LogP contribution in [0, 0.1) is 10.1 Å². The van der Waals surface area contributed by atoms with Crippen molar-refractivity contribution in [3.63, 3.8) is 0 Å². The van der Waals surface area contributed by atoms with Crippen molar-refractivity contribution in [2.45, 2.75) is 24.9 Å². The van der Waals surface area contributed by atoms with Gasteiger partial charge in [0.25, 0.3) is 0 Å². The van der Waals surface area contributed by atoms with Crippen LogP contribution in [0.2, 0.25) is 0 Å². The van der Waals surface area contributed by atoms with Gasteiger partial charge in [-0.25, -0.2) is 4.79 Å². The van der Waals surface area contributed by atoms with Gasteiger partial charge >= 0.3 is 11.8 Å². The molecule has 0 radical (unpaired) electrons. The van der Waals surface area contributed by atoms with Crippen molar-refractivity contribution in [1.82, 2.24) is 14.7 Å². The van der Waals surface area contributed by atoms with Gasteiger partial charge in [-0.3, -0.25) is 4.79 Å². The van der Waals surface area contributed by atoms with E-state index < -0.39 is 22.8 Å². The number of nitro groups is 1. The van der Waals surface area contributed by atoms with Gasteiger partial charge in [0.15, 0.2) is 0 Å². The third kappa shape index (κ3) is 2.74. The van der Waals surface area contributed by atoms with Crippen LogP contribution in [0.15, 0.2) is 12.3 Å². The van der Waals surface area contributed by atoms with Crippen LogP contribution in [0.1, 0.15) is 6.92 Å². The van der Waals surface area contributed by atoms with Gasteiger partial charge < -0.3 is 20.1 Å². The van der Waals surface area contributed by atoms with Gasteiger partial charge in [0.2, 0.25) is 5.91 Å². The fourth-order valence-electron chi connectivity index (χ4n) is 1.97. The number of aliphatic carboxylic acids is 1. The predicted molar refractivity (Wildman–Crippen MR) is 69.1 cm³/mol. The summed E-state index contributed by atoms with van der Waals surface area (Å²) < 4.78 is 1.13. The van der Waals surface area contributed by atoms with E-state index in [1.165, 1.54) is 28.9 Å². The van der Waals surface area contributed by atoms with Crippen LogP contribution in [0.5, 0.6) is 0 Å². The van der Waals surface area contributed by atoms with Crippen LogP contribution in [-0.2, 0) is 16.1 Å². The molecular weight excluding hydrogens is 288 g/mol. The molecule has 2 rings (SSSR count). The number of hydrogen-bond acceptors (Lipinski definition) is 6. The van der Waals surface area contributed by atoms with E-state index in [0.29, 0.717) is 5.75 Å². The molecule has 1 N–H and O–H groups in total.